The fourth-order valence-electron chi connectivity index (χ4n) is 2.93. The molecule has 0 bridgehead atoms. The summed E-state index contributed by atoms with van der Waals surface area (Å²) < 4.78 is 10.4. The number of esters is 1. The SMILES string of the molecule is CC.CC[C@@H](COC(=O)c1ccc(C)cc1)O[C@H](C)C(=O)O.Cc1ccc(C(=O)O)cc1.Cc1ccc(C(=O)O)cc1. The summed E-state index contributed by atoms with van der Waals surface area (Å²) in [6.07, 6.45) is -0.771. The molecule has 0 aromatic heterocycles. The third-order valence-electron chi connectivity index (χ3n) is 5.48. The number of hydrogen-bond donors (Lipinski definition) is 3. The maximum atomic E-state index is 11.8. The topological polar surface area (TPSA) is 147 Å². The average Bonchev–Trinajstić information content (AvgIpc) is 2.97. The van der Waals surface area contributed by atoms with Crippen LogP contribution in [0.4, 0.5) is 0 Å². The molecular formula is C33H42O9. The standard InChI is InChI=1S/C15H20O5.2C8H8O2.C2H6/c1-4-13(20-11(3)14(16)17)9-19-15(18)12-7-5-10(2)6-8-12;2*1-6-2-4-7(5-3-6)8(9)10;1-2/h5-8,11,13H,4,9H2,1-3H3,(H,16,17);2*2-5H,1H3,(H,9,10);1-2H3/t11-,13+;;;/m1.../s1. The lowest BCUT2D eigenvalue weighted by Gasteiger charge is -2.18. The molecule has 3 N–H and O–H groups in total. The van der Waals surface area contributed by atoms with E-state index in [2.05, 4.69) is 0 Å². The number of carboxylic acid groups (broad SMARTS) is 3. The van der Waals surface area contributed by atoms with Gasteiger partial charge in [-0.3, -0.25) is 0 Å². The number of aromatic carboxylic acids is 2. The highest BCUT2D eigenvalue weighted by molar-refractivity contribution is 5.89. The average molecular weight is 583 g/mol. The molecule has 3 rings (SSSR count). The Bertz CT molecular complexity index is 1180. The van der Waals surface area contributed by atoms with E-state index in [0.717, 1.165) is 16.7 Å². The van der Waals surface area contributed by atoms with Crippen LogP contribution in [-0.4, -0.2) is 58.0 Å². The summed E-state index contributed by atoms with van der Waals surface area (Å²) in [5, 5.41) is 25.7. The predicted octanol–water partition coefficient (Wildman–Crippen LogP) is 6.83. The number of carbonyl (C=O) groups is 4. The van der Waals surface area contributed by atoms with Crippen molar-refractivity contribution in [1.29, 1.82) is 0 Å². The molecule has 0 radical (unpaired) electrons. The van der Waals surface area contributed by atoms with Crippen molar-refractivity contribution in [1.82, 2.24) is 0 Å². The van der Waals surface area contributed by atoms with Gasteiger partial charge in [0.2, 0.25) is 0 Å². The minimum absolute atomic E-state index is 0.0425. The van der Waals surface area contributed by atoms with Crippen LogP contribution in [0, 0.1) is 20.8 Å². The van der Waals surface area contributed by atoms with Gasteiger partial charge >= 0.3 is 23.9 Å². The Balaban J connectivity index is 0.000000639. The second-order valence-electron chi connectivity index (χ2n) is 8.95. The number of rotatable bonds is 9. The minimum atomic E-state index is -1.03. The molecule has 2 atom stereocenters. The normalized spacial score (nSPS) is 11.0. The van der Waals surface area contributed by atoms with Gasteiger partial charge in [0.15, 0.2) is 6.10 Å². The van der Waals surface area contributed by atoms with Crippen molar-refractivity contribution >= 4 is 23.9 Å². The van der Waals surface area contributed by atoms with Crippen LogP contribution in [0.15, 0.2) is 72.8 Å². The third kappa shape index (κ3) is 15.3. The van der Waals surface area contributed by atoms with E-state index in [0.29, 0.717) is 23.1 Å². The first-order chi connectivity index (χ1) is 19.8. The van der Waals surface area contributed by atoms with E-state index >= 15 is 0 Å². The summed E-state index contributed by atoms with van der Waals surface area (Å²) in [5.74, 6) is -3.22. The van der Waals surface area contributed by atoms with E-state index in [-0.39, 0.29) is 6.61 Å². The molecule has 3 aromatic carbocycles. The van der Waals surface area contributed by atoms with Crippen LogP contribution in [0.2, 0.25) is 0 Å². The van der Waals surface area contributed by atoms with Gasteiger partial charge in [-0.15, -0.1) is 0 Å². The van der Waals surface area contributed by atoms with Crippen molar-refractivity contribution in [2.45, 2.75) is 67.1 Å². The third-order valence-corrected chi connectivity index (χ3v) is 5.48. The maximum absolute atomic E-state index is 11.8. The van der Waals surface area contributed by atoms with Crippen molar-refractivity contribution in [3.8, 4) is 0 Å². The molecule has 0 heterocycles. The van der Waals surface area contributed by atoms with E-state index in [9.17, 15) is 19.2 Å². The van der Waals surface area contributed by atoms with Crippen LogP contribution in [0.1, 0.15) is 81.9 Å². The molecule has 0 spiro atoms. The number of benzene rings is 3. The molecule has 0 fully saturated rings. The highest BCUT2D eigenvalue weighted by Gasteiger charge is 2.19. The van der Waals surface area contributed by atoms with Crippen molar-refractivity contribution in [2.24, 2.45) is 0 Å². The molecule has 0 unspecified atom stereocenters. The lowest BCUT2D eigenvalue weighted by atomic mass is 10.1. The van der Waals surface area contributed by atoms with Gasteiger partial charge in [-0.05, 0) is 70.5 Å². The fraction of sp³-hybridized carbons (Fsp3) is 0.333. The zero-order valence-corrected chi connectivity index (χ0v) is 25.3. The molecule has 0 amide bonds. The molecule has 42 heavy (non-hydrogen) atoms. The zero-order chi connectivity index (χ0) is 32.2. The van der Waals surface area contributed by atoms with Gasteiger partial charge in [-0.1, -0.05) is 73.9 Å². The number of aliphatic carboxylic acids is 1. The molecule has 0 aliphatic rings. The first-order valence-corrected chi connectivity index (χ1v) is 13.6. The Kier molecular flexibility index (Phi) is 18.2. The summed E-state index contributed by atoms with van der Waals surface area (Å²) in [7, 11) is 0. The Morgan fingerprint density at radius 2 is 0.976 bits per heavy atom. The largest absolute Gasteiger partial charge is 0.479 e. The Morgan fingerprint density at radius 1 is 0.643 bits per heavy atom. The van der Waals surface area contributed by atoms with Crippen LogP contribution in [0.5, 0.6) is 0 Å². The molecule has 0 saturated heterocycles. The molecule has 228 valence electrons. The van der Waals surface area contributed by atoms with E-state index in [1.165, 1.54) is 6.92 Å². The van der Waals surface area contributed by atoms with Crippen molar-refractivity contribution in [2.75, 3.05) is 6.61 Å². The Labute approximate surface area is 247 Å². The molecule has 0 aliphatic heterocycles. The van der Waals surface area contributed by atoms with E-state index in [1.807, 2.05) is 53.7 Å². The Hall–Kier alpha value is -4.50. The predicted molar refractivity (Wildman–Crippen MR) is 161 cm³/mol. The second kappa shape index (κ2) is 20.4. The summed E-state index contributed by atoms with van der Waals surface area (Å²) in [6, 6.07) is 20.6. The van der Waals surface area contributed by atoms with Crippen LogP contribution in [-0.2, 0) is 14.3 Å². The summed E-state index contributed by atoms with van der Waals surface area (Å²) in [5.41, 5.74) is 4.36. The zero-order valence-electron chi connectivity index (χ0n) is 25.3. The minimum Gasteiger partial charge on any atom is -0.479 e. The highest BCUT2D eigenvalue weighted by Crippen LogP contribution is 2.09. The first-order valence-electron chi connectivity index (χ1n) is 13.6. The first kappa shape index (κ1) is 37.5. The molecule has 3 aromatic rings. The highest BCUT2D eigenvalue weighted by atomic mass is 16.6. The van der Waals surface area contributed by atoms with Crippen molar-refractivity contribution < 1.29 is 44.0 Å². The quantitative estimate of drug-likeness (QED) is 0.231. The maximum Gasteiger partial charge on any atom is 0.338 e. The number of carbonyl (C=O) groups excluding carboxylic acids is 1. The lowest BCUT2D eigenvalue weighted by molar-refractivity contribution is -0.154. The molecule has 9 heteroatoms. The van der Waals surface area contributed by atoms with Gasteiger partial charge < -0.3 is 24.8 Å². The van der Waals surface area contributed by atoms with Gasteiger partial charge in [0.1, 0.15) is 6.61 Å². The number of carboxylic acids is 3. The number of aryl methyl sites for hydroxylation is 3. The van der Waals surface area contributed by atoms with Crippen molar-refractivity contribution in [3.63, 3.8) is 0 Å². The number of hydrogen-bond acceptors (Lipinski definition) is 6. The molecule has 0 saturated carbocycles. The van der Waals surface area contributed by atoms with E-state index in [1.54, 1.807) is 60.7 Å². The molecule has 0 aliphatic carbocycles. The molecule has 9 nitrogen and oxygen atoms in total. The summed E-state index contributed by atoms with van der Waals surface area (Å²) in [6.45, 7) is 13.1. The van der Waals surface area contributed by atoms with Gasteiger partial charge in [0.05, 0.1) is 22.8 Å². The van der Waals surface area contributed by atoms with E-state index < -0.39 is 36.1 Å². The van der Waals surface area contributed by atoms with Crippen molar-refractivity contribution in [3.05, 3.63) is 106 Å². The van der Waals surface area contributed by atoms with Crippen LogP contribution >= 0.6 is 0 Å². The fourth-order valence-corrected chi connectivity index (χ4v) is 2.93. The van der Waals surface area contributed by atoms with E-state index in [4.69, 9.17) is 24.8 Å². The van der Waals surface area contributed by atoms with Gasteiger partial charge in [0, 0.05) is 0 Å². The second-order valence-corrected chi connectivity index (χ2v) is 8.95. The molecular weight excluding hydrogens is 540 g/mol. The van der Waals surface area contributed by atoms with Gasteiger partial charge in [0.25, 0.3) is 0 Å². The van der Waals surface area contributed by atoms with Gasteiger partial charge in [-0.2, -0.15) is 0 Å². The van der Waals surface area contributed by atoms with Crippen LogP contribution in [0.3, 0.4) is 0 Å². The summed E-state index contributed by atoms with van der Waals surface area (Å²) in [4.78, 5) is 43.1. The Morgan fingerprint density at radius 3 is 1.26 bits per heavy atom. The smallest absolute Gasteiger partial charge is 0.338 e. The van der Waals surface area contributed by atoms with Crippen LogP contribution in [0.25, 0.3) is 0 Å². The number of ether oxygens (including phenoxy) is 2. The summed E-state index contributed by atoms with van der Waals surface area (Å²) >= 11 is 0. The van der Waals surface area contributed by atoms with Crippen LogP contribution < -0.4 is 0 Å². The monoisotopic (exact) mass is 582 g/mol. The lowest BCUT2D eigenvalue weighted by Crippen LogP contribution is -2.30. The van der Waals surface area contributed by atoms with Gasteiger partial charge in [-0.25, -0.2) is 19.2 Å².